The molecule has 1 fully saturated rings. The Bertz CT molecular complexity index is 421. The van der Waals surface area contributed by atoms with Gasteiger partial charge in [0, 0.05) is 31.5 Å². The number of piperidine rings is 1. The number of ether oxygens (including phenoxy) is 1. The van der Waals surface area contributed by atoms with E-state index >= 15 is 0 Å². The lowest BCUT2D eigenvalue weighted by atomic mass is 9.94. The number of amides is 1. The fraction of sp³-hybridized carbons (Fsp3) is 0.667. The fourth-order valence-corrected chi connectivity index (χ4v) is 2.97. The fourth-order valence-electron chi connectivity index (χ4n) is 2.33. The molecule has 0 spiro atoms. The molecule has 2 atom stereocenters. The zero-order valence-corrected chi connectivity index (χ0v) is 11.6. The molecule has 100 valence electrons. The summed E-state index contributed by atoms with van der Waals surface area (Å²) in [5.41, 5.74) is 7.09. The highest BCUT2D eigenvalue weighted by molar-refractivity contribution is 7.09. The van der Waals surface area contributed by atoms with E-state index in [1.165, 1.54) is 0 Å². The van der Waals surface area contributed by atoms with Crippen LogP contribution in [0.4, 0.5) is 0 Å². The van der Waals surface area contributed by atoms with Crippen LogP contribution in [0.15, 0.2) is 5.38 Å². The number of aromatic nitrogens is 1. The SMILES string of the molecule is COCCN1C(=O)CCC(N)C1c1csc(C)n1. The number of methoxy groups -OCH3 is 1. The van der Waals surface area contributed by atoms with E-state index in [4.69, 9.17) is 10.5 Å². The molecule has 0 aromatic carbocycles. The van der Waals surface area contributed by atoms with Gasteiger partial charge in [-0.2, -0.15) is 0 Å². The number of hydrogen-bond acceptors (Lipinski definition) is 5. The molecule has 2 unspecified atom stereocenters. The van der Waals surface area contributed by atoms with Crippen molar-refractivity contribution in [2.75, 3.05) is 20.3 Å². The van der Waals surface area contributed by atoms with Crippen LogP contribution in [0.25, 0.3) is 0 Å². The second-order valence-electron chi connectivity index (χ2n) is 4.52. The van der Waals surface area contributed by atoms with Gasteiger partial charge in [-0.1, -0.05) is 0 Å². The van der Waals surface area contributed by atoms with Gasteiger partial charge in [0.05, 0.1) is 23.4 Å². The van der Waals surface area contributed by atoms with E-state index in [-0.39, 0.29) is 18.0 Å². The Morgan fingerprint density at radius 2 is 2.44 bits per heavy atom. The number of aryl methyl sites for hydroxylation is 1. The van der Waals surface area contributed by atoms with Crippen LogP contribution in [0.2, 0.25) is 0 Å². The summed E-state index contributed by atoms with van der Waals surface area (Å²) in [6.45, 7) is 3.06. The summed E-state index contributed by atoms with van der Waals surface area (Å²) in [4.78, 5) is 18.3. The molecule has 0 radical (unpaired) electrons. The Labute approximate surface area is 111 Å². The zero-order valence-electron chi connectivity index (χ0n) is 10.8. The normalized spacial score (nSPS) is 24.6. The summed E-state index contributed by atoms with van der Waals surface area (Å²) < 4.78 is 5.07. The van der Waals surface area contributed by atoms with Crippen LogP contribution < -0.4 is 5.73 Å². The van der Waals surface area contributed by atoms with Crippen molar-refractivity contribution < 1.29 is 9.53 Å². The molecule has 1 aromatic rings. The van der Waals surface area contributed by atoms with Gasteiger partial charge in [-0.3, -0.25) is 4.79 Å². The summed E-state index contributed by atoms with van der Waals surface area (Å²) in [7, 11) is 1.64. The standard InChI is InChI=1S/C12H19N3O2S/c1-8-14-10(7-18-8)12-9(13)3-4-11(16)15(12)5-6-17-2/h7,9,12H,3-6,13H2,1-2H3. The number of carbonyl (C=O) groups excluding carboxylic acids is 1. The Morgan fingerprint density at radius 1 is 1.67 bits per heavy atom. The summed E-state index contributed by atoms with van der Waals surface area (Å²) in [5.74, 6) is 0.143. The molecule has 1 aromatic heterocycles. The molecule has 1 aliphatic heterocycles. The number of carbonyl (C=O) groups is 1. The minimum atomic E-state index is -0.105. The molecule has 0 saturated carbocycles. The molecule has 2 rings (SSSR count). The van der Waals surface area contributed by atoms with Crippen LogP contribution >= 0.6 is 11.3 Å². The van der Waals surface area contributed by atoms with Crippen LogP contribution in [-0.2, 0) is 9.53 Å². The maximum atomic E-state index is 12.0. The highest BCUT2D eigenvalue weighted by Crippen LogP contribution is 2.31. The van der Waals surface area contributed by atoms with Crippen molar-refractivity contribution in [3.8, 4) is 0 Å². The predicted octanol–water partition coefficient (Wildman–Crippen LogP) is 1.09. The molecule has 0 aliphatic carbocycles. The van der Waals surface area contributed by atoms with Crippen molar-refractivity contribution in [3.05, 3.63) is 16.1 Å². The van der Waals surface area contributed by atoms with Gasteiger partial charge in [-0.05, 0) is 13.3 Å². The second kappa shape index (κ2) is 5.77. The van der Waals surface area contributed by atoms with E-state index in [9.17, 15) is 4.79 Å². The minimum absolute atomic E-state index is 0.0407. The summed E-state index contributed by atoms with van der Waals surface area (Å²) in [6, 6.07) is -0.146. The first-order valence-corrected chi connectivity index (χ1v) is 6.97. The average Bonchev–Trinajstić information content (AvgIpc) is 2.76. The zero-order chi connectivity index (χ0) is 13.1. The van der Waals surface area contributed by atoms with Crippen molar-refractivity contribution in [2.24, 2.45) is 5.73 Å². The summed E-state index contributed by atoms with van der Waals surface area (Å²) in [6.07, 6.45) is 1.24. The van der Waals surface area contributed by atoms with E-state index in [0.29, 0.717) is 19.6 Å². The van der Waals surface area contributed by atoms with Gasteiger partial charge in [0.1, 0.15) is 0 Å². The smallest absolute Gasteiger partial charge is 0.223 e. The maximum Gasteiger partial charge on any atom is 0.223 e. The highest BCUT2D eigenvalue weighted by Gasteiger charge is 2.35. The van der Waals surface area contributed by atoms with E-state index in [0.717, 1.165) is 17.1 Å². The monoisotopic (exact) mass is 269 g/mol. The Kier molecular flexibility index (Phi) is 4.31. The van der Waals surface area contributed by atoms with E-state index < -0.39 is 0 Å². The van der Waals surface area contributed by atoms with Crippen molar-refractivity contribution in [3.63, 3.8) is 0 Å². The molecular weight excluding hydrogens is 250 g/mol. The highest BCUT2D eigenvalue weighted by atomic mass is 32.1. The van der Waals surface area contributed by atoms with Crippen LogP contribution in [0.3, 0.4) is 0 Å². The topological polar surface area (TPSA) is 68.5 Å². The van der Waals surface area contributed by atoms with Crippen molar-refractivity contribution in [1.82, 2.24) is 9.88 Å². The quantitative estimate of drug-likeness (QED) is 0.888. The van der Waals surface area contributed by atoms with E-state index in [1.54, 1.807) is 18.4 Å². The van der Waals surface area contributed by atoms with Gasteiger partial charge in [0.25, 0.3) is 0 Å². The molecule has 2 heterocycles. The van der Waals surface area contributed by atoms with Gasteiger partial charge >= 0.3 is 0 Å². The molecule has 2 N–H and O–H groups in total. The number of nitrogens with two attached hydrogens (primary N) is 1. The lowest BCUT2D eigenvalue weighted by Crippen LogP contribution is -2.50. The third-order valence-corrected chi connectivity index (χ3v) is 4.02. The molecule has 1 aliphatic rings. The van der Waals surface area contributed by atoms with Crippen molar-refractivity contribution in [2.45, 2.75) is 31.8 Å². The number of thiazole rings is 1. The van der Waals surface area contributed by atoms with Gasteiger partial charge in [0.15, 0.2) is 0 Å². The molecule has 1 amide bonds. The van der Waals surface area contributed by atoms with Gasteiger partial charge in [0.2, 0.25) is 5.91 Å². The molecule has 1 saturated heterocycles. The summed E-state index contributed by atoms with van der Waals surface area (Å²) in [5, 5.41) is 3.00. The molecular formula is C12H19N3O2S. The minimum Gasteiger partial charge on any atom is -0.383 e. The first kappa shape index (κ1) is 13.5. The Hall–Kier alpha value is -0.980. The third kappa shape index (κ3) is 2.71. The number of likely N-dealkylation sites (tertiary alicyclic amines) is 1. The third-order valence-electron chi connectivity index (χ3n) is 3.23. The predicted molar refractivity (Wildman–Crippen MR) is 70.4 cm³/mol. The lowest BCUT2D eigenvalue weighted by molar-refractivity contribution is -0.138. The Balaban J connectivity index is 2.22. The average molecular weight is 269 g/mol. The number of nitrogens with zero attached hydrogens (tertiary/aromatic N) is 2. The largest absolute Gasteiger partial charge is 0.383 e. The van der Waals surface area contributed by atoms with Gasteiger partial charge in [-0.15, -0.1) is 11.3 Å². The number of hydrogen-bond donors (Lipinski definition) is 1. The maximum absolute atomic E-state index is 12.0. The van der Waals surface area contributed by atoms with Crippen LogP contribution in [-0.4, -0.2) is 42.1 Å². The summed E-state index contributed by atoms with van der Waals surface area (Å²) >= 11 is 1.59. The van der Waals surface area contributed by atoms with Gasteiger partial charge < -0.3 is 15.4 Å². The van der Waals surface area contributed by atoms with E-state index in [2.05, 4.69) is 4.98 Å². The van der Waals surface area contributed by atoms with Crippen LogP contribution in [0, 0.1) is 6.92 Å². The molecule has 18 heavy (non-hydrogen) atoms. The first-order chi connectivity index (χ1) is 8.63. The molecule has 5 nitrogen and oxygen atoms in total. The first-order valence-electron chi connectivity index (χ1n) is 6.09. The van der Waals surface area contributed by atoms with Gasteiger partial charge in [-0.25, -0.2) is 4.98 Å². The second-order valence-corrected chi connectivity index (χ2v) is 5.58. The van der Waals surface area contributed by atoms with Crippen molar-refractivity contribution in [1.29, 1.82) is 0 Å². The number of rotatable bonds is 4. The van der Waals surface area contributed by atoms with Crippen LogP contribution in [0.1, 0.15) is 29.6 Å². The lowest BCUT2D eigenvalue weighted by Gasteiger charge is -2.38. The molecule has 0 bridgehead atoms. The van der Waals surface area contributed by atoms with Crippen LogP contribution in [0.5, 0.6) is 0 Å². The van der Waals surface area contributed by atoms with E-state index in [1.807, 2.05) is 17.2 Å². The van der Waals surface area contributed by atoms with Crippen molar-refractivity contribution >= 4 is 17.2 Å². The molecule has 6 heteroatoms. The Morgan fingerprint density at radius 3 is 3.06 bits per heavy atom.